The molecule has 0 aliphatic heterocycles. The van der Waals surface area contributed by atoms with Crippen LogP contribution in [0.4, 0.5) is 0 Å². The van der Waals surface area contributed by atoms with Crippen LogP contribution in [0.3, 0.4) is 0 Å². The van der Waals surface area contributed by atoms with E-state index in [2.05, 4.69) is 91.6 Å². The maximum absolute atomic E-state index is 2.27. The van der Waals surface area contributed by atoms with Crippen LogP contribution in [-0.2, 0) is 0 Å². The fourth-order valence-electron chi connectivity index (χ4n) is 3.01. The fraction of sp³-hybridized carbons (Fsp3) is 0.211. The van der Waals surface area contributed by atoms with Gasteiger partial charge in [-0.3, -0.25) is 0 Å². The molecule has 3 rings (SSSR count). The summed E-state index contributed by atoms with van der Waals surface area (Å²) in [5.41, 5.74) is 7.75. The number of aryl methyl sites for hydroxylation is 1. The monoisotopic (exact) mass is 277 g/mol. The van der Waals surface area contributed by atoms with Gasteiger partial charge in [-0.2, -0.15) is 0 Å². The predicted octanol–water partition coefficient (Wildman–Crippen LogP) is 3.67. The quantitative estimate of drug-likeness (QED) is 0.499. The largest absolute Gasteiger partial charge is 0.320 e. The van der Waals surface area contributed by atoms with Gasteiger partial charge in [-0.15, -0.1) is 0 Å². The van der Waals surface area contributed by atoms with Crippen LogP contribution in [0.25, 0.3) is 5.52 Å². The van der Waals surface area contributed by atoms with Crippen LogP contribution < -0.4 is 0 Å². The molecule has 2 heteroatoms. The zero-order chi connectivity index (χ0) is 15.0. The highest BCUT2D eigenvalue weighted by Crippen LogP contribution is 2.25. The highest BCUT2D eigenvalue weighted by molar-refractivity contribution is 6.15. The topological polar surface area (TPSA) is 7.42 Å². The number of aromatic nitrogens is 1. The maximum atomic E-state index is 2.27. The molecular weight excluding hydrogens is 256 g/mol. The standard InChI is InChI=1S/C19H21N2/c1-14-15(2)21-13-9-8-12-17(21)18(14)19(20(3)4)16-10-6-5-7-11-16/h5-13H,1-4H3/q+1. The second-order valence-electron chi connectivity index (χ2n) is 5.65. The first-order valence-corrected chi connectivity index (χ1v) is 7.27. The molecule has 0 radical (unpaired) electrons. The summed E-state index contributed by atoms with van der Waals surface area (Å²) in [6.07, 6.45) is 2.14. The molecule has 0 saturated heterocycles. The Balaban J connectivity index is 2.38. The minimum atomic E-state index is 1.25. The van der Waals surface area contributed by atoms with Crippen molar-refractivity contribution in [3.8, 4) is 0 Å². The minimum absolute atomic E-state index is 1.25. The molecule has 0 saturated carbocycles. The number of pyridine rings is 1. The summed E-state index contributed by atoms with van der Waals surface area (Å²) in [5.74, 6) is 0. The lowest BCUT2D eigenvalue weighted by Crippen LogP contribution is -2.17. The lowest BCUT2D eigenvalue weighted by Gasteiger charge is -2.05. The normalized spacial score (nSPS) is 10.9. The van der Waals surface area contributed by atoms with Crippen molar-refractivity contribution < 1.29 is 4.58 Å². The third-order valence-corrected chi connectivity index (χ3v) is 4.13. The lowest BCUT2D eigenvalue weighted by atomic mass is 9.99. The van der Waals surface area contributed by atoms with Crippen LogP contribution in [0.5, 0.6) is 0 Å². The average Bonchev–Trinajstić information content (AvgIpc) is 2.74. The molecule has 2 heterocycles. The molecule has 0 aliphatic carbocycles. The van der Waals surface area contributed by atoms with E-state index in [9.17, 15) is 0 Å². The smallest absolute Gasteiger partial charge is 0.216 e. The molecule has 0 amide bonds. The first kappa shape index (κ1) is 13.6. The number of fused-ring (bicyclic) bond motifs is 1. The molecule has 0 unspecified atom stereocenters. The minimum Gasteiger partial charge on any atom is -0.320 e. The number of hydrogen-bond donors (Lipinski definition) is 0. The molecule has 0 atom stereocenters. The molecule has 0 bridgehead atoms. The molecule has 0 aliphatic rings. The summed E-state index contributed by atoms with van der Waals surface area (Å²) in [6.45, 7) is 4.40. The third kappa shape index (κ3) is 2.17. The zero-order valence-electron chi connectivity index (χ0n) is 13.1. The van der Waals surface area contributed by atoms with Crippen LogP contribution in [0.1, 0.15) is 22.4 Å². The number of benzene rings is 1. The van der Waals surface area contributed by atoms with E-state index in [4.69, 9.17) is 0 Å². The first-order valence-electron chi connectivity index (χ1n) is 7.27. The Bertz CT molecular complexity index is 819. The van der Waals surface area contributed by atoms with E-state index in [0.29, 0.717) is 0 Å². The van der Waals surface area contributed by atoms with Crippen molar-refractivity contribution in [2.45, 2.75) is 13.8 Å². The van der Waals surface area contributed by atoms with Gasteiger partial charge in [-0.05, 0) is 43.7 Å². The lowest BCUT2D eigenvalue weighted by molar-refractivity contribution is -0.463. The van der Waals surface area contributed by atoms with Crippen molar-refractivity contribution in [3.63, 3.8) is 0 Å². The Morgan fingerprint density at radius 2 is 1.57 bits per heavy atom. The Hall–Kier alpha value is -2.35. The van der Waals surface area contributed by atoms with Gasteiger partial charge in [0.2, 0.25) is 5.71 Å². The fourth-order valence-corrected chi connectivity index (χ4v) is 3.01. The Morgan fingerprint density at radius 1 is 0.905 bits per heavy atom. The summed E-state index contributed by atoms with van der Waals surface area (Å²) >= 11 is 0. The van der Waals surface area contributed by atoms with Gasteiger partial charge in [0.1, 0.15) is 14.1 Å². The van der Waals surface area contributed by atoms with Gasteiger partial charge in [0, 0.05) is 17.5 Å². The van der Waals surface area contributed by atoms with E-state index in [1.165, 1.54) is 33.6 Å². The summed E-state index contributed by atoms with van der Waals surface area (Å²) in [4.78, 5) is 0. The molecule has 0 fully saturated rings. The summed E-state index contributed by atoms with van der Waals surface area (Å²) in [7, 11) is 4.23. The van der Waals surface area contributed by atoms with Crippen LogP contribution in [0.15, 0.2) is 54.7 Å². The molecule has 2 aromatic heterocycles. The van der Waals surface area contributed by atoms with E-state index >= 15 is 0 Å². The third-order valence-electron chi connectivity index (χ3n) is 4.13. The van der Waals surface area contributed by atoms with Crippen LogP contribution in [0.2, 0.25) is 0 Å². The number of nitrogens with zero attached hydrogens (tertiary/aromatic N) is 2. The van der Waals surface area contributed by atoms with Crippen LogP contribution >= 0.6 is 0 Å². The zero-order valence-corrected chi connectivity index (χ0v) is 13.1. The van der Waals surface area contributed by atoms with Crippen molar-refractivity contribution in [2.75, 3.05) is 14.1 Å². The first-order chi connectivity index (χ1) is 10.1. The van der Waals surface area contributed by atoms with Crippen molar-refractivity contribution >= 4 is 11.2 Å². The Morgan fingerprint density at radius 3 is 2.24 bits per heavy atom. The molecule has 0 spiro atoms. The van der Waals surface area contributed by atoms with E-state index in [1.54, 1.807) is 0 Å². The van der Waals surface area contributed by atoms with Gasteiger partial charge >= 0.3 is 0 Å². The SMILES string of the molecule is Cc1c(C(c2ccccc2)=[N+](C)C)c2ccccn2c1C. The highest BCUT2D eigenvalue weighted by atomic mass is 15.0. The second-order valence-corrected chi connectivity index (χ2v) is 5.65. The van der Waals surface area contributed by atoms with E-state index in [0.717, 1.165) is 0 Å². The van der Waals surface area contributed by atoms with Crippen LogP contribution in [-0.4, -0.2) is 28.8 Å². The summed E-state index contributed by atoms with van der Waals surface area (Å²) < 4.78 is 4.49. The maximum Gasteiger partial charge on any atom is 0.216 e. The van der Waals surface area contributed by atoms with E-state index < -0.39 is 0 Å². The van der Waals surface area contributed by atoms with Crippen molar-refractivity contribution in [1.82, 2.24) is 4.40 Å². The molecule has 106 valence electrons. The highest BCUT2D eigenvalue weighted by Gasteiger charge is 2.23. The molecule has 1 aromatic carbocycles. The summed E-state index contributed by atoms with van der Waals surface area (Å²) in [5, 5.41) is 0. The number of rotatable bonds is 2. The summed E-state index contributed by atoms with van der Waals surface area (Å²) in [6, 6.07) is 17.0. The Kier molecular flexibility index (Phi) is 3.38. The predicted molar refractivity (Wildman–Crippen MR) is 88.6 cm³/mol. The average molecular weight is 277 g/mol. The molecule has 3 aromatic rings. The van der Waals surface area contributed by atoms with Gasteiger partial charge in [-0.25, -0.2) is 4.58 Å². The van der Waals surface area contributed by atoms with Gasteiger partial charge in [0.25, 0.3) is 0 Å². The van der Waals surface area contributed by atoms with Gasteiger partial charge in [0.15, 0.2) is 0 Å². The molecule has 21 heavy (non-hydrogen) atoms. The Labute approximate surface area is 126 Å². The van der Waals surface area contributed by atoms with E-state index in [1.807, 2.05) is 0 Å². The van der Waals surface area contributed by atoms with Crippen molar-refractivity contribution in [1.29, 1.82) is 0 Å². The molecular formula is C19H21N2+. The number of hydrogen-bond acceptors (Lipinski definition) is 0. The van der Waals surface area contributed by atoms with E-state index in [-0.39, 0.29) is 0 Å². The van der Waals surface area contributed by atoms with Crippen LogP contribution in [0, 0.1) is 13.8 Å². The van der Waals surface area contributed by atoms with Gasteiger partial charge < -0.3 is 4.40 Å². The van der Waals surface area contributed by atoms with Gasteiger partial charge in [-0.1, -0.05) is 24.3 Å². The van der Waals surface area contributed by atoms with Crippen molar-refractivity contribution in [3.05, 3.63) is 77.1 Å². The second kappa shape index (κ2) is 5.21. The van der Waals surface area contributed by atoms with Gasteiger partial charge in [0.05, 0.1) is 11.1 Å². The van der Waals surface area contributed by atoms with Crippen molar-refractivity contribution in [2.24, 2.45) is 0 Å². The molecule has 2 nitrogen and oxygen atoms in total. The molecule has 0 N–H and O–H groups in total.